The van der Waals surface area contributed by atoms with E-state index in [0.29, 0.717) is 12.0 Å². The van der Waals surface area contributed by atoms with Gasteiger partial charge in [-0.1, -0.05) is 12.8 Å². The minimum absolute atomic E-state index is 0.347. The summed E-state index contributed by atoms with van der Waals surface area (Å²) >= 11 is 0. The molecule has 2 rings (SSSR count). The third-order valence-corrected chi connectivity index (χ3v) is 3.49. The van der Waals surface area contributed by atoms with Crippen LogP contribution in [0.2, 0.25) is 0 Å². The Kier molecular flexibility index (Phi) is 2.42. The second-order valence-corrected chi connectivity index (χ2v) is 4.23. The number of nitrogens with zero attached hydrogens (tertiary/aromatic N) is 1. The second kappa shape index (κ2) is 3.56. The molecule has 1 saturated carbocycles. The smallest absolute Gasteiger partial charge is 0.407 e. The van der Waals surface area contributed by atoms with Gasteiger partial charge in [0.05, 0.1) is 0 Å². The van der Waals surface area contributed by atoms with Gasteiger partial charge in [-0.05, 0) is 31.6 Å². The lowest BCUT2D eigenvalue weighted by Crippen LogP contribution is -2.49. The van der Waals surface area contributed by atoms with E-state index in [-0.39, 0.29) is 0 Å². The highest BCUT2D eigenvalue weighted by molar-refractivity contribution is 5.65. The van der Waals surface area contributed by atoms with Gasteiger partial charge in [-0.15, -0.1) is 0 Å². The number of hydrogen-bond acceptors (Lipinski definition) is 1. The monoisotopic (exact) mass is 183 g/mol. The summed E-state index contributed by atoms with van der Waals surface area (Å²) in [7, 11) is 0. The van der Waals surface area contributed by atoms with Gasteiger partial charge >= 0.3 is 6.09 Å². The number of carboxylic acid groups (broad SMARTS) is 1. The molecule has 13 heavy (non-hydrogen) atoms. The molecule has 2 unspecified atom stereocenters. The summed E-state index contributed by atoms with van der Waals surface area (Å²) < 4.78 is 0. The molecule has 1 aliphatic carbocycles. The lowest BCUT2D eigenvalue weighted by molar-refractivity contribution is 0.0576. The molecule has 0 aromatic rings. The average Bonchev–Trinajstić information content (AvgIpc) is 2.17. The number of likely N-dealkylation sites (tertiary alicyclic amines) is 1. The molecule has 0 aromatic carbocycles. The number of piperidine rings is 1. The molecule has 1 aliphatic heterocycles. The molecule has 2 aliphatic rings. The lowest BCUT2D eigenvalue weighted by atomic mass is 9.78. The number of amides is 1. The molecule has 1 heterocycles. The van der Waals surface area contributed by atoms with Crippen LogP contribution < -0.4 is 0 Å². The molecule has 0 radical (unpaired) electrons. The van der Waals surface area contributed by atoms with Crippen molar-refractivity contribution in [3.8, 4) is 0 Å². The van der Waals surface area contributed by atoms with Crippen molar-refractivity contribution >= 4 is 6.09 Å². The predicted octanol–water partition coefficient (Wildman–Crippen LogP) is 2.32. The van der Waals surface area contributed by atoms with E-state index in [2.05, 4.69) is 0 Å². The summed E-state index contributed by atoms with van der Waals surface area (Å²) in [5.41, 5.74) is 0. The van der Waals surface area contributed by atoms with Gasteiger partial charge in [0.1, 0.15) is 0 Å². The Morgan fingerprint density at radius 1 is 1.15 bits per heavy atom. The van der Waals surface area contributed by atoms with Gasteiger partial charge in [0.2, 0.25) is 0 Å². The van der Waals surface area contributed by atoms with Crippen molar-refractivity contribution in [1.82, 2.24) is 4.90 Å². The van der Waals surface area contributed by atoms with Gasteiger partial charge in [0.25, 0.3) is 0 Å². The van der Waals surface area contributed by atoms with Gasteiger partial charge in [-0.2, -0.15) is 0 Å². The first-order chi connectivity index (χ1) is 6.29. The average molecular weight is 183 g/mol. The molecule has 1 saturated heterocycles. The first kappa shape index (κ1) is 8.85. The molecular weight excluding hydrogens is 166 g/mol. The van der Waals surface area contributed by atoms with E-state index in [4.69, 9.17) is 5.11 Å². The minimum atomic E-state index is -0.711. The van der Waals surface area contributed by atoms with Crippen LogP contribution in [0.4, 0.5) is 4.79 Å². The van der Waals surface area contributed by atoms with Crippen molar-refractivity contribution < 1.29 is 9.90 Å². The zero-order valence-electron chi connectivity index (χ0n) is 7.91. The number of fused-ring (bicyclic) bond motifs is 1. The zero-order valence-corrected chi connectivity index (χ0v) is 7.91. The van der Waals surface area contributed by atoms with Crippen LogP contribution in [0, 0.1) is 5.92 Å². The van der Waals surface area contributed by atoms with E-state index in [1.54, 1.807) is 4.90 Å². The Morgan fingerprint density at radius 3 is 2.62 bits per heavy atom. The topological polar surface area (TPSA) is 40.5 Å². The van der Waals surface area contributed by atoms with Crippen LogP contribution in [0.25, 0.3) is 0 Å². The van der Waals surface area contributed by atoms with Crippen molar-refractivity contribution in [3.05, 3.63) is 0 Å². The van der Waals surface area contributed by atoms with E-state index < -0.39 is 6.09 Å². The van der Waals surface area contributed by atoms with E-state index in [9.17, 15) is 4.79 Å². The maximum Gasteiger partial charge on any atom is 0.407 e. The molecule has 1 amide bonds. The third-order valence-electron chi connectivity index (χ3n) is 3.49. The van der Waals surface area contributed by atoms with Gasteiger partial charge in [-0.3, -0.25) is 0 Å². The fourth-order valence-corrected chi connectivity index (χ4v) is 2.86. The highest BCUT2D eigenvalue weighted by atomic mass is 16.4. The molecule has 2 fully saturated rings. The van der Waals surface area contributed by atoms with Gasteiger partial charge in [-0.25, -0.2) is 4.79 Å². The summed E-state index contributed by atoms with van der Waals surface area (Å²) in [5, 5.41) is 9.00. The normalized spacial score (nSPS) is 34.0. The predicted molar refractivity (Wildman–Crippen MR) is 49.7 cm³/mol. The standard InChI is InChI=1S/C10H17NO2/c12-10(13)11-7-3-5-8-4-1-2-6-9(8)11/h8-9H,1-7H2,(H,12,13). The van der Waals surface area contributed by atoms with Crippen LogP contribution in [0.15, 0.2) is 0 Å². The van der Waals surface area contributed by atoms with Gasteiger partial charge < -0.3 is 10.0 Å². The Hall–Kier alpha value is -0.730. The van der Waals surface area contributed by atoms with Crippen LogP contribution >= 0.6 is 0 Å². The highest BCUT2D eigenvalue weighted by Gasteiger charge is 2.35. The van der Waals surface area contributed by atoms with Gasteiger partial charge in [0, 0.05) is 12.6 Å². The maximum atomic E-state index is 10.9. The lowest BCUT2D eigenvalue weighted by Gasteiger charge is -2.42. The number of carbonyl (C=O) groups is 1. The second-order valence-electron chi connectivity index (χ2n) is 4.23. The third kappa shape index (κ3) is 1.64. The van der Waals surface area contributed by atoms with Crippen molar-refractivity contribution in [2.75, 3.05) is 6.54 Å². The fraction of sp³-hybridized carbons (Fsp3) is 0.900. The van der Waals surface area contributed by atoms with Crippen molar-refractivity contribution in [1.29, 1.82) is 0 Å². The molecule has 0 aromatic heterocycles. The summed E-state index contributed by atoms with van der Waals surface area (Å²) in [6.45, 7) is 0.760. The molecule has 1 N–H and O–H groups in total. The van der Waals surface area contributed by atoms with Crippen LogP contribution in [-0.2, 0) is 0 Å². The molecule has 74 valence electrons. The molecule has 2 atom stereocenters. The minimum Gasteiger partial charge on any atom is -0.465 e. The van der Waals surface area contributed by atoms with Crippen LogP contribution in [-0.4, -0.2) is 28.7 Å². The van der Waals surface area contributed by atoms with Crippen LogP contribution in [0.1, 0.15) is 38.5 Å². The highest BCUT2D eigenvalue weighted by Crippen LogP contribution is 2.35. The Balaban J connectivity index is 2.06. The van der Waals surface area contributed by atoms with E-state index >= 15 is 0 Å². The molecule has 0 spiro atoms. The fourth-order valence-electron chi connectivity index (χ4n) is 2.86. The number of rotatable bonds is 0. The van der Waals surface area contributed by atoms with Crippen LogP contribution in [0.3, 0.4) is 0 Å². The summed E-state index contributed by atoms with van der Waals surface area (Å²) in [6.07, 6.45) is 6.45. The largest absolute Gasteiger partial charge is 0.465 e. The van der Waals surface area contributed by atoms with Crippen molar-refractivity contribution in [2.45, 2.75) is 44.6 Å². The molecular formula is C10H17NO2. The van der Waals surface area contributed by atoms with Crippen molar-refractivity contribution in [3.63, 3.8) is 0 Å². The molecule has 3 nitrogen and oxygen atoms in total. The van der Waals surface area contributed by atoms with Crippen LogP contribution in [0.5, 0.6) is 0 Å². The molecule has 0 bridgehead atoms. The first-order valence-corrected chi connectivity index (χ1v) is 5.28. The zero-order chi connectivity index (χ0) is 9.26. The maximum absolute atomic E-state index is 10.9. The Morgan fingerprint density at radius 2 is 1.85 bits per heavy atom. The van der Waals surface area contributed by atoms with E-state index in [0.717, 1.165) is 19.4 Å². The molecule has 3 heteroatoms. The Bertz CT molecular complexity index is 203. The van der Waals surface area contributed by atoms with Crippen molar-refractivity contribution in [2.24, 2.45) is 5.92 Å². The summed E-state index contributed by atoms with van der Waals surface area (Å²) in [6, 6.07) is 0.347. The summed E-state index contributed by atoms with van der Waals surface area (Å²) in [4.78, 5) is 12.6. The quantitative estimate of drug-likeness (QED) is 0.626. The van der Waals surface area contributed by atoms with E-state index in [1.165, 1.54) is 25.7 Å². The van der Waals surface area contributed by atoms with Gasteiger partial charge in [0.15, 0.2) is 0 Å². The van der Waals surface area contributed by atoms with E-state index in [1.807, 2.05) is 0 Å². The SMILES string of the molecule is O=C(O)N1CCCC2CCCCC21. The first-order valence-electron chi connectivity index (χ1n) is 5.28. The Labute approximate surface area is 78.7 Å². The summed E-state index contributed by atoms with van der Waals surface area (Å²) in [5.74, 6) is 0.665. The number of hydrogen-bond donors (Lipinski definition) is 1.